The number of nitrogens with one attached hydrogen (secondary N) is 1. The van der Waals surface area contributed by atoms with E-state index < -0.39 is 0 Å². The Labute approximate surface area is 179 Å². The molecule has 1 amide bonds. The number of rotatable bonds is 4. The Hall–Kier alpha value is -3.23. The first-order valence-electron chi connectivity index (χ1n) is 10.6. The predicted octanol–water partition coefficient (Wildman–Crippen LogP) is 3.03. The SMILES string of the molecule is CC(C)(C)c1cc(NC(=O)Cn2nc3n(c2=O)CCCCC3)n(-c2ccc(F)cc2)n1. The van der Waals surface area contributed by atoms with Crippen molar-refractivity contribution in [3.8, 4) is 5.69 Å². The molecular weight excluding hydrogens is 399 g/mol. The Morgan fingerprint density at radius 3 is 2.58 bits per heavy atom. The molecule has 3 heterocycles. The molecule has 1 N–H and O–H groups in total. The van der Waals surface area contributed by atoms with Crippen molar-refractivity contribution in [1.29, 1.82) is 0 Å². The number of aromatic nitrogens is 5. The zero-order chi connectivity index (χ0) is 22.2. The van der Waals surface area contributed by atoms with Gasteiger partial charge in [-0.05, 0) is 37.1 Å². The summed E-state index contributed by atoms with van der Waals surface area (Å²) in [5.41, 5.74) is 0.897. The van der Waals surface area contributed by atoms with Crippen molar-refractivity contribution < 1.29 is 9.18 Å². The maximum absolute atomic E-state index is 13.4. The smallest absolute Gasteiger partial charge is 0.309 e. The molecule has 0 saturated heterocycles. The second-order valence-corrected chi connectivity index (χ2v) is 8.92. The van der Waals surface area contributed by atoms with Crippen molar-refractivity contribution in [3.63, 3.8) is 0 Å². The van der Waals surface area contributed by atoms with Crippen LogP contribution in [-0.2, 0) is 29.7 Å². The fraction of sp³-hybridized carbons (Fsp3) is 0.455. The monoisotopic (exact) mass is 426 g/mol. The molecule has 9 heteroatoms. The molecular formula is C22H27FN6O2. The number of hydrogen-bond donors (Lipinski definition) is 1. The van der Waals surface area contributed by atoms with Gasteiger partial charge in [0.25, 0.3) is 0 Å². The van der Waals surface area contributed by atoms with E-state index in [1.54, 1.807) is 27.4 Å². The molecule has 1 aromatic carbocycles. The van der Waals surface area contributed by atoms with Crippen LogP contribution in [0.15, 0.2) is 35.1 Å². The predicted molar refractivity (Wildman–Crippen MR) is 115 cm³/mol. The van der Waals surface area contributed by atoms with Crippen LogP contribution in [0.2, 0.25) is 0 Å². The summed E-state index contributed by atoms with van der Waals surface area (Å²) in [4.78, 5) is 25.4. The number of halogens is 1. The summed E-state index contributed by atoms with van der Waals surface area (Å²) < 4.78 is 17.8. The normalized spacial score (nSPS) is 14.2. The number of anilines is 1. The van der Waals surface area contributed by atoms with Gasteiger partial charge in [-0.25, -0.2) is 18.5 Å². The molecule has 0 saturated carbocycles. The summed E-state index contributed by atoms with van der Waals surface area (Å²) >= 11 is 0. The largest absolute Gasteiger partial charge is 0.346 e. The molecule has 0 aliphatic carbocycles. The number of benzene rings is 1. The van der Waals surface area contributed by atoms with Gasteiger partial charge in [-0.2, -0.15) is 10.2 Å². The lowest BCUT2D eigenvalue weighted by Crippen LogP contribution is -2.30. The van der Waals surface area contributed by atoms with Crippen molar-refractivity contribution >= 4 is 11.7 Å². The van der Waals surface area contributed by atoms with E-state index >= 15 is 0 Å². The van der Waals surface area contributed by atoms with Crippen molar-refractivity contribution in [2.75, 3.05) is 5.32 Å². The number of carbonyl (C=O) groups excluding carboxylic acids is 1. The van der Waals surface area contributed by atoms with Crippen LogP contribution in [0, 0.1) is 5.82 Å². The number of nitrogens with zero attached hydrogens (tertiary/aromatic N) is 5. The molecule has 8 nitrogen and oxygen atoms in total. The molecule has 0 fully saturated rings. The summed E-state index contributed by atoms with van der Waals surface area (Å²) in [5.74, 6) is 0.465. The van der Waals surface area contributed by atoms with Gasteiger partial charge in [0.2, 0.25) is 5.91 Å². The average Bonchev–Trinajstić information content (AvgIpc) is 3.15. The zero-order valence-corrected chi connectivity index (χ0v) is 18.1. The van der Waals surface area contributed by atoms with Crippen LogP contribution in [0.25, 0.3) is 5.69 Å². The molecule has 31 heavy (non-hydrogen) atoms. The van der Waals surface area contributed by atoms with Crippen molar-refractivity contribution in [3.05, 3.63) is 58.2 Å². The summed E-state index contributed by atoms with van der Waals surface area (Å²) in [6.45, 7) is 6.52. The van der Waals surface area contributed by atoms with Gasteiger partial charge in [0.05, 0.1) is 11.4 Å². The number of carbonyl (C=O) groups is 1. The van der Waals surface area contributed by atoms with E-state index in [4.69, 9.17) is 0 Å². The highest BCUT2D eigenvalue weighted by molar-refractivity contribution is 5.90. The molecule has 3 aromatic rings. The zero-order valence-electron chi connectivity index (χ0n) is 18.1. The van der Waals surface area contributed by atoms with E-state index in [0.29, 0.717) is 18.1 Å². The Kier molecular flexibility index (Phi) is 5.51. The number of amides is 1. The fourth-order valence-corrected chi connectivity index (χ4v) is 3.66. The minimum Gasteiger partial charge on any atom is -0.309 e. The third kappa shape index (κ3) is 4.45. The molecule has 0 radical (unpaired) electrons. The van der Waals surface area contributed by atoms with Gasteiger partial charge in [-0.1, -0.05) is 27.2 Å². The van der Waals surface area contributed by atoms with Gasteiger partial charge >= 0.3 is 5.69 Å². The molecule has 164 valence electrons. The lowest BCUT2D eigenvalue weighted by Gasteiger charge is -2.14. The summed E-state index contributed by atoms with van der Waals surface area (Å²) in [5, 5.41) is 11.8. The summed E-state index contributed by atoms with van der Waals surface area (Å²) in [7, 11) is 0. The standard InChI is InChI=1S/C22H27FN6O2/c1-22(2,3)17-13-19(29(25-17)16-10-8-15(23)9-11-16)24-20(30)14-28-21(31)27-12-6-4-5-7-18(27)26-28/h8-11,13H,4-7,12,14H2,1-3H3,(H,24,30). The first-order valence-corrected chi connectivity index (χ1v) is 10.6. The Bertz CT molecular complexity index is 1150. The van der Waals surface area contributed by atoms with Crippen molar-refractivity contribution in [1.82, 2.24) is 24.1 Å². The van der Waals surface area contributed by atoms with Gasteiger partial charge in [0.1, 0.15) is 24.0 Å². The van der Waals surface area contributed by atoms with Crippen LogP contribution in [0.3, 0.4) is 0 Å². The maximum atomic E-state index is 13.4. The minimum absolute atomic E-state index is 0.182. The van der Waals surface area contributed by atoms with Crippen LogP contribution < -0.4 is 11.0 Å². The Morgan fingerprint density at radius 2 is 1.87 bits per heavy atom. The molecule has 2 aromatic heterocycles. The Morgan fingerprint density at radius 1 is 1.13 bits per heavy atom. The van der Waals surface area contributed by atoms with Gasteiger partial charge < -0.3 is 5.32 Å². The molecule has 0 atom stereocenters. The molecule has 4 rings (SSSR count). The summed E-state index contributed by atoms with van der Waals surface area (Å²) in [6.07, 6.45) is 3.76. The lowest BCUT2D eigenvalue weighted by molar-refractivity contribution is -0.117. The van der Waals surface area contributed by atoms with Gasteiger partial charge in [0, 0.05) is 24.4 Å². The van der Waals surface area contributed by atoms with Crippen molar-refractivity contribution in [2.45, 2.75) is 65.0 Å². The highest BCUT2D eigenvalue weighted by atomic mass is 19.1. The van der Waals surface area contributed by atoms with E-state index in [9.17, 15) is 14.0 Å². The lowest BCUT2D eigenvalue weighted by atomic mass is 9.92. The van der Waals surface area contributed by atoms with Gasteiger partial charge in [-0.3, -0.25) is 9.36 Å². The first kappa shape index (κ1) is 21.0. The highest BCUT2D eigenvalue weighted by Gasteiger charge is 2.22. The third-order valence-electron chi connectivity index (χ3n) is 5.39. The highest BCUT2D eigenvalue weighted by Crippen LogP contribution is 2.26. The van der Waals surface area contributed by atoms with Crippen molar-refractivity contribution in [2.24, 2.45) is 0 Å². The number of aryl methyl sites for hydroxylation is 1. The van der Waals surface area contributed by atoms with E-state index in [1.807, 2.05) is 20.8 Å². The molecule has 1 aliphatic heterocycles. The molecule has 1 aliphatic rings. The van der Waals surface area contributed by atoms with E-state index in [-0.39, 0.29) is 29.4 Å². The minimum atomic E-state index is -0.376. The fourth-order valence-electron chi connectivity index (χ4n) is 3.66. The first-order chi connectivity index (χ1) is 14.7. The Balaban J connectivity index is 1.60. The number of fused-ring (bicyclic) bond motifs is 1. The van der Waals surface area contributed by atoms with Crippen LogP contribution in [0.1, 0.15) is 51.6 Å². The topological polar surface area (TPSA) is 86.7 Å². The number of hydrogen-bond acceptors (Lipinski definition) is 4. The second kappa shape index (κ2) is 8.13. The second-order valence-electron chi connectivity index (χ2n) is 8.92. The molecule has 0 bridgehead atoms. The van der Waals surface area contributed by atoms with Crippen LogP contribution in [-0.4, -0.2) is 30.0 Å². The van der Waals surface area contributed by atoms with Crippen LogP contribution in [0.5, 0.6) is 0 Å². The molecule has 0 unspecified atom stereocenters. The molecule has 0 spiro atoms. The van der Waals surface area contributed by atoms with Gasteiger partial charge in [0.15, 0.2) is 0 Å². The van der Waals surface area contributed by atoms with E-state index in [2.05, 4.69) is 15.5 Å². The summed E-state index contributed by atoms with van der Waals surface area (Å²) in [6, 6.07) is 7.68. The average molecular weight is 426 g/mol. The quantitative estimate of drug-likeness (QED) is 0.695. The van der Waals surface area contributed by atoms with Crippen LogP contribution >= 0.6 is 0 Å². The van der Waals surface area contributed by atoms with Crippen LogP contribution in [0.4, 0.5) is 10.2 Å². The van der Waals surface area contributed by atoms with E-state index in [1.165, 1.54) is 16.8 Å². The van der Waals surface area contributed by atoms with E-state index in [0.717, 1.165) is 37.2 Å². The maximum Gasteiger partial charge on any atom is 0.346 e. The third-order valence-corrected chi connectivity index (χ3v) is 5.39. The van der Waals surface area contributed by atoms with Gasteiger partial charge in [-0.15, -0.1) is 0 Å².